The van der Waals surface area contributed by atoms with Crippen molar-refractivity contribution in [2.24, 2.45) is 11.7 Å². The Balaban J connectivity index is 1.94. The number of nitrogens with zero attached hydrogens (tertiary/aromatic N) is 4. The summed E-state index contributed by atoms with van der Waals surface area (Å²) in [6, 6.07) is 0. The van der Waals surface area contributed by atoms with Crippen LogP contribution >= 0.6 is 0 Å². The summed E-state index contributed by atoms with van der Waals surface area (Å²) in [4.78, 5) is 6.69. The second-order valence-corrected chi connectivity index (χ2v) is 5.22. The molecule has 6 heteroatoms. The third-order valence-corrected chi connectivity index (χ3v) is 3.08. The zero-order valence-corrected chi connectivity index (χ0v) is 11.2. The van der Waals surface area contributed by atoms with Gasteiger partial charge in [0.1, 0.15) is 12.2 Å². The number of ether oxygens (including phenoxy) is 1. The maximum Gasteiger partial charge on any atom is 0.141 e. The topological polar surface area (TPSA) is 69.2 Å². The molecule has 0 spiro atoms. The van der Waals surface area contributed by atoms with Crippen molar-refractivity contribution in [3.05, 3.63) is 12.2 Å². The zero-order valence-electron chi connectivity index (χ0n) is 11.2. The molecule has 102 valence electrons. The summed E-state index contributed by atoms with van der Waals surface area (Å²) in [5, 5.41) is 4.28. The Morgan fingerprint density at radius 1 is 1.56 bits per heavy atom. The number of aromatic nitrogens is 3. The molecule has 0 bridgehead atoms. The highest BCUT2D eigenvalue weighted by atomic mass is 16.5. The second-order valence-electron chi connectivity index (χ2n) is 5.22. The molecule has 0 aliphatic carbocycles. The van der Waals surface area contributed by atoms with Gasteiger partial charge in [0.15, 0.2) is 0 Å². The number of hydrogen-bond acceptors (Lipinski definition) is 5. The standard InChI is InChI=1S/C12H23N5O/c1-10(2)6-17-12(14-9-15-17)8-16-3-4-18-11(5-13)7-16/h9-11H,3-8,13H2,1-2H3. The summed E-state index contributed by atoms with van der Waals surface area (Å²) in [7, 11) is 0. The molecule has 1 saturated heterocycles. The molecule has 1 atom stereocenters. The van der Waals surface area contributed by atoms with Gasteiger partial charge >= 0.3 is 0 Å². The summed E-state index contributed by atoms with van der Waals surface area (Å²) in [6.07, 6.45) is 1.79. The van der Waals surface area contributed by atoms with Crippen LogP contribution in [0.1, 0.15) is 19.7 Å². The van der Waals surface area contributed by atoms with E-state index in [4.69, 9.17) is 10.5 Å². The van der Waals surface area contributed by atoms with Crippen LogP contribution in [0.4, 0.5) is 0 Å². The van der Waals surface area contributed by atoms with Gasteiger partial charge in [-0.2, -0.15) is 5.10 Å². The molecule has 1 aromatic rings. The van der Waals surface area contributed by atoms with Crippen molar-refractivity contribution >= 4 is 0 Å². The Labute approximate surface area is 108 Å². The number of rotatable bonds is 5. The summed E-state index contributed by atoms with van der Waals surface area (Å²) >= 11 is 0. The molecule has 0 saturated carbocycles. The van der Waals surface area contributed by atoms with Crippen molar-refractivity contribution < 1.29 is 4.74 Å². The van der Waals surface area contributed by atoms with Gasteiger partial charge in [0, 0.05) is 26.2 Å². The van der Waals surface area contributed by atoms with E-state index in [2.05, 4.69) is 28.8 Å². The molecule has 0 amide bonds. The van der Waals surface area contributed by atoms with Gasteiger partial charge in [-0.3, -0.25) is 4.90 Å². The number of hydrogen-bond donors (Lipinski definition) is 1. The van der Waals surface area contributed by atoms with E-state index in [1.807, 2.05) is 4.68 Å². The van der Waals surface area contributed by atoms with Crippen LogP contribution in [0.5, 0.6) is 0 Å². The lowest BCUT2D eigenvalue weighted by molar-refractivity contribution is -0.0272. The highest BCUT2D eigenvalue weighted by Gasteiger charge is 2.20. The summed E-state index contributed by atoms with van der Waals surface area (Å²) in [5.41, 5.74) is 5.65. The second kappa shape index (κ2) is 6.26. The monoisotopic (exact) mass is 253 g/mol. The van der Waals surface area contributed by atoms with Crippen LogP contribution in [0.2, 0.25) is 0 Å². The van der Waals surface area contributed by atoms with Crippen molar-refractivity contribution in [3.8, 4) is 0 Å². The van der Waals surface area contributed by atoms with Crippen molar-refractivity contribution in [2.45, 2.75) is 33.0 Å². The van der Waals surface area contributed by atoms with Crippen LogP contribution in [0.15, 0.2) is 6.33 Å². The quantitative estimate of drug-likeness (QED) is 0.805. The Bertz CT molecular complexity index is 365. The van der Waals surface area contributed by atoms with Crippen LogP contribution in [0.25, 0.3) is 0 Å². The van der Waals surface area contributed by atoms with Crippen LogP contribution in [0.3, 0.4) is 0 Å². The van der Waals surface area contributed by atoms with E-state index in [1.54, 1.807) is 6.33 Å². The maximum atomic E-state index is 5.65. The van der Waals surface area contributed by atoms with E-state index in [1.165, 1.54) is 0 Å². The highest BCUT2D eigenvalue weighted by Crippen LogP contribution is 2.09. The molecular formula is C12H23N5O. The average molecular weight is 253 g/mol. The first-order chi connectivity index (χ1) is 8.69. The summed E-state index contributed by atoms with van der Waals surface area (Å²) in [5.74, 6) is 1.60. The van der Waals surface area contributed by atoms with E-state index >= 15 is 0 Å². The lowest BCUT2D eigenvalue weighted by Crippen LogP contribution is -2.45. The van der Waals surface area contributed by atoms with E-state index in [9.17, 15) is 0 Å². The SMILES string of the molecule is CC(C)Cn1ncnc1CN1CCOC(CN)C1. The van der Waals surface area contributed by atoms with Crippen LogP contribution in [-0.2, 0) is 17.8 Å². The first-order valence-corrected chi connectivity index (χ1v) is 6.59. The van der Waals surface area contributed by atoms with Gasteiger partial charge in [0.2, 0.25) is 0 Å². The van der Waals surface area contributed by atoms with Gasteiger partial charge in [-0.05, 0) is 5.92 Å². The van der Waals surface area contributed by atoms with Crippen LogP contribution in [0, 0.1) is 5.92 Å². The van der Waals surface area contributed by atoms with Gasteiger partial charge in [-0.25, -0.2) is 9.67 Å². The first kappa shape index (κ1) is 13.5. The third kappa shape index (κ3) is 3.51. The maximum absolute atomic E-state index is 5.65. The minimum atomic E-state index is 0.153. The number of morpholine rings is 1. The van der Waals surface area contributed by atoms with Gasteiger partial charge in [-0.1, -0.05) is 13.8 Å². The highest BCUT2D eigenvalue weighted by molar-refractivity contribution is 4.86. The van der Waals surface area contributed by atoms with Crippen molar-refractivity contribution in [3.63, 3.8) is 0 Å². The molecule has 0 radical (unpaired) electrons. The molecule has 18 heavy (non-hydrogen) atoms. The van der Waals surface area contributed by atoms with Gasteiger partial charge < -0.3 is 10.5 Å². The molecule has 1 aliphatic rings. The zero-order chi connectivity index (χ0) is 13.0. The lowest BCUT2D eigenvalue weighted by atomic mass is 10.2. The Kier molecular flexibility index (Phi) is 4.68. The largest absolute Gasteiger partial charge is 0.374 e. The Morgan fingerprint density at radius 2 is 2.39 bits per heavy atom. The molecule has 1 fully saturated rings. The van der Waals surface area contributed by atoms with E-state index in [0.29, 0.717) is 12.5 Å². The molecule has 1 aromatic heterocycles. The van der Waals surface area contributed by atoms with E-state index in [-0.39, 0.29) is 6.10 Å². The fraction of sp³-hybridized carbons (Fsp3) is 0.833. The van der Waals surface area contributed by atoms with Gasteiger partial charge in [0.25, 0.3) is 0 Å². The van der Waals surface area contributed by atoms with Gasteiger partial charge in [0.05, 0.1) is 19.3 Å². The first-order valence-electron chi connectivity index (χ1n) is 6.59. The Morgan fingerprint density at radius 3 is 3.11 bits per heavy atom. The van der Waals surface area contributed by atoms with E-state index < -0.39 is 0 Å². The third-order valence-electron chi connectivity index (χ3n) is 3.08. The number of nitrogens with two attached hydrogens (primary N) is 1. The van der Waals surface area contributed by atoms with Crippen LogP contribution < -0.4 is 5.73 Å². The van der Waals surface area contributed by atoms with E-state index in [0.717, 1.165) is 38.6 Å². The summed E-state index contributed by atoms with van der Waals surface area (Å²) < 4.78 is 7.56. The van der Waals surface area contributed by atoms with Crippen molar-refractivity contribution in [1.82, 2.24) is 19.7 Å². The predicted molar refractivity (Wildman–Crippen MR) is 68.9 cm³/mol. The molecule has 1 unspecified atom stereocenters. The molecule has 6 nitrogen and oxygen atoms in total. The predicted octanol–water partition coefficient (Wildman–Crippen LogP) is 0.0936. The lowest BCUT2D eigenvalue weighted by Gasteiger charge is -2.31. The van der Waals surface area contributed by atoms with Crippen molar-refractivity contribution in [2.75, 3.05) is 26.2 Å². The normalized spacial score (nSPS) is 21.7. The molecular weight excluding hydrogens is 230 g/mol. The molecule has 1 aliphatic heterocycles. The molecule has 2 rings (SSSR count). The smallest absolute Gasteiger partial charge is 0.141 e. The van der Waals surface area contributed by atoms with Crippen molar-refractivity contribution in [1.29, 1.82) is 0 Å². The van der Waals surface area contributed by atoms with Crippen LogP contribution in [-0.4, -0.2) is 52.0 Å². The fourth-order valence-electron chi connectivity index (χ4n) is 2.18. The minimum Gasteiger partial charge on any atom is -0.374 e. The average Bonchev–Trinajstić information content (AvgIpc) is 2.76. The molecule has 0 aromatic carbocycles. The Hall–Kier alpha value is -0.980. The molecule has 2 heterocycles. The minimum absolute atomic E-state index is 0.153. The molecule has 2 N–H and O–H groups in total. The summed E-state index contributed by atoms with van der Waals surface area (Å²) in [6.45, 7) is 9.26. The van der Waals surface area contributed by atoms with Gasteiger partial charge in [-0.15, -0.1) is 0 Å². The fourth-order valence-corrected chi connectivity index (χ4v) is 2.18.